The van der Waals surface area contributed by atoms with Crippen molar-refractivity contribution in [1.82, 2.24) is 0 Å². The lowest BCUT2D eigenvalue weighted by atomic mass is 9.78. The Morgan fingerprint density at radius 3 is 2.27 bits per heavy atom. The van der Waals surface area contributed by atoms with Gasteiger partial charge in [0.1, 0.15) is 0 Å². The highest BCUT2D eigenvalue weighted by molar-refractivity contribution is 6.45. The van der Waals surface area contributed by atoms with Crippen molar-refractivity contribution < 1.29 is 19.2 Å². The zero-order chi connectivity index (χ0) is 16.7. The van der Waals surface area contributed by atoms with E-state index in [0.29, 0.717) is 17.4 Å². The number of aromatic carboxylic acids is 1. The van der Waals surface area contributed by atoms with Crippen LogP contribution in [0.1, 0.15) is 54.7 Å². The molecule has 0 bridgehead atoms. The van der Waals surface area contributed by atoms with Gasteiger partial charge in [0.05, 0.1) is 16.8 Å². The molecule has 0 unspecified atom stereocenters. The number of carboxylic acid groups (broad SMARTS) is 1. The van der Waals surface area contributed by atoms with Crippen molar-refractivity contribution in [2.75, 3.05) is 0 Å². The average molecular weight is 300 g/mol. The average Bonchev–Trinajstić information content (AvgIpc) is 2.59. The number of benzene rings is 1. The number of carboxylic acids is 1. The molecule has 1 saturated heterocycles. The molecule has 0 amide bonds. The second kappa shape index (κ2) is 5.46. The van der Waals surface area contributed by atoms with Crippen LogP contribution in [0, 0.1) is 19.3 Å². The van der Waals surface area contributed by atoms with Crippen LogP contribution in [-0.2, 0) is 15.6 Å². The van der Waals surface area contributed by atoms with Crippen LogP contribution in [0.5, 0.6) is 0 Å². The van der Waals surface area contributed by atoms with Gasteiger partial charge in [-0.05, 0) is 57.9 Å². The van der Waals surface area contributed by atoms with E-state index < -0.39 is 24.3 Å². The number of carbonyl (C=O) groups is 1. The van der Waals surface area contributed by atoms with Crippen LogP contribution in [0.4, 0.5) is 0 Å². The fourth-order valence-corrected chi connectivity index (χ4v) is 2.52. The van der Waals surface area contributed by atoms with Crippen LogP contribution in [0.25, 0.3) is 0 Å². The molecule has 0 aliphatic carbocycles. The number of rotatable bonds is 3. The van der Waals surface area contributed by atoms with E-state index in [1.807, 2.05) is 33.8 Å². The van der Waals surface area contributed by atoms with Crippen LogP contribution >= 0.6 is 0 Å². The summed E-state index contributed by atoms with van der Waals surface area (Å²) in [6.45, 7) is 9.73. The first kappa shape index (κ1) is 16.6. The highest BCUT2D eigenvalue weighted by Crippen LogP contribution is 2.37. The first-order valence-corrected chi connectivity index (χ1v) is 7.26. The van der Waals surface area contributed by atoms with Crippen molar-refractivity contribution >= 4 is 13.1 Å². The predicted molar refractivity (Wildman–Crippen MR) is 85.9 cm³/mol. The van der Waals surface area contributed by atoms with E-state index in [9.17, 15) is 9.90 Å². The van der Waals surface area contributed by atoms with Gasteiger partial charge >= 0.3 is 13.1 Å². The van der Waals surface area contributed by atoms with E-state index in [1.54, 1.807) is 6.92 Å². The Bertz CT molecular complexity index is 639. The zero-order valence-electron chi connectivity index (χ0n) is 13.7. The molecule has 4 nitrogen and oxygen atoms in total. The first-order valence-electron chi connectivity index (χ1n) is 7.26. The van der Waals surface area contributed by atoms with Crippen LogP contribution in [0.15, 0.2) is 12.1 Å². The number of hydrogen-bond acceptors (Lipinski definition) is 3. The second-order valence-corrected chi connectivity index (χ2v) is 6.65. The van der Waals surface area contributed by atoms with Crippen LogP contribution in [-0.4, -0.2) is 29.4 Å². The Morgan fingerprint density at radius 1 is 1.27 bits per heavy atom. The highest BCUT2D eigenvalue weighted by Gasteiger charge is 2.50. The van der Waals surface area contributed by atoms with Gasteiger partial charge in [0.25, 0.3) is 0 Å². The first-order chi connectivity index (χ1) is 10.1. The Balaban J connectivity index is 2.34. The number of terminal acetylenes is 1. The Hall–Kier alpha value is -1.77. The van der Waals surface area contributed by atoms with Gasteiger partial charge in [0, 0.05) is 11.9 Å². The molecular formula is C17H21BO4. The predicted octanol–water partition coefficient (Wildman–Crippen LogP) is 2.85. The minimum absolute atomic E-state index is 0.224. The smallest absolute Gasteiger partial charge is 0.462 e. The summed E-state index contributed by atoms with van der Waals surface area (Å²) in [5.41, 5.74) is 1.49. The fourth-order valence-electron chi connectivity index (χ4n) is 2.52. The van der Waals surface area contributed by atoms with Gasteiger partial charge in [-0.2, -0.15) is 0 Å². The molecule has 1 heterocycles. The van der Waals surface area contributed by atoms with E-state index in [2.05, 4.69) is 5.92 Å². The minimum Gasteiger partial charge on any atom is -0.478 e. The molecule has 1 aromatic rings. The summed E-state index contributed by atoms with van der Waals surface area (Å²) in [5.74, 6) is 1.52. The standard InChI is InChI=1S/C17H21BO4/c1-7-12-8-13(11(2)14(9-12)15(19)20)10-18-21-16(3,4)17(5,6)22-18/h1,8-9H,10H2,2-6H3,(H,19,20). The maximum absolute atomic E-state index is 11.4. The fraction of sp³-hybridized carbons (Fsp3) is 0.471. The zero-order valence-corrected chi connectivity index (χ0v) is 13.7. The topological polar surface area (TPSA) is 55.8 Å². The van der Waals surface area contributed by atoms with Gasteiger partial charge in [0.15, 0.2) is 0 Å². The summed E-state index contributed by atoms with van der Waals surface area (Å²) >= 11 is 0. The molecule has 0 radical (unpaired) electrons. The minimum atomic E-state index is -0.982. The monoisotopic (exact) mass is 300 g/mol. The summed E-state index contributed by atoms with van der Waals surface area (Å²) < 4.78 is 12.0. The molecule has 22 heavy (non-hydrogen) atoms. The maximum atomic E-state index is 11.4. The molecule has 5 heteroatoms. The second-order valence-electron chi connectivity index (χ2n) is 6.65. The lowest BCUT2D eigenvalue weighted by molar-refractivity contribution is 0.00578. The summed E-state index contributed by atoms with van der Waals surface area (Å²) in [6, 6.07) is 3.35. The molecule has 0 atom stereocenters. The van der Waals surface area contributed by atoms with Crippen LogP contribution < -0.4 is 0 Å². The summed E-state index contributed by atoms with van der Waals surface area (Å²) in [4.78, 5) is 11.4. The normalized spacial score (nSPS) is 19.0. The van der Waals surface area contributed by atoms with Gasteiger partial charge in [-0.25, -0.2) is 4.79 Å². The molecule has 1 N–H and O–H groups in total. The van der Waals surface area contributed by atoms with Crippen LogP contribution in [0.3, 0.4) is 0 Å². The highest BCUT2D eigenvalue weighted by atomic mass is 16.7. The molecule has 2 rings (SSSR count). The lowest BCUT2D eigenvalue weighted by Crippen LogP contribution is -2.41. The van der Waals surface area contributed by atoms with Crippen molar-refractivity contribution in [2.45, 2.75) is 52.1 Å². The van der Waals surface area contributed by atoms with E-state index in [-0.39, 0.29) is 5.56 Å². The Morgan fingerprint density at radius 2 is 1.82 bits per heavy atom. The third-order valence-corrected chi connectivity index (χ3v) is 4.60. The van der Waals surface area contributed by atoms with Crippen molar-refractivity contribution in [3.8, 4) is 12.3 Å². The van der Waals surface area contributed by atoms with Crippen molar-refractivity contribution in [1.29, 1.82) is 0 Å². The van der Waals surface area contributed by atoms with Gasteiger partial charge < -0.3 is 14.4 Å². The summed E-state index contributed by atoms with van der Waals surface area (Å²) in [7, 11) is -0.418. The summed E-state index contributed by atoms with van der Waals surface area (Å²) in [5, 5.41) is 9.31. The molecule has 1 aliphatic rings. The molecule has 1 fully saturated rings. The quantitative estimate of drug-likeness (QED) is 0.689. The lowest BCUT2D eigenvalue weighted by Gasteiger charge is -2.32. The van der Waals surface area contributed by atoms with E-state index in [4.69, 9.17) is 15.7 Å². The molecule has 116 valence electrons. The molecular weight excluding hydrogens is 279 g/mol. The molecule has 0 saturated carbocycles. The molecule has 0 aromatic heterocycles. The third kappa shape index (κ3) is 2.90. The summed E-state index contributed by atoms with van der Waals surface area (Å²) in [6.07, 6.45) is 5.89. The maximum Gasteiger partial charge on any atom is 0.462 e. The largest absolute Gasteiger partial charge is 0.478 e. The van der Waals surface area contributed by atoms with E-state index in [1.165, 1.54) is 6.07 Å². The van der Waals surface area contributed by atoms with E-state index >= 15 is 0 Å². The van der Waals surface area contributed by atoms with Crippen molar-refractivity contribution in [2.24, 2.45) is 0 Å². The molecule has 1 aliphatic heterocycles. The Kier molecular flexibility index (Phi) is 4.12. The molecule has 1 aromatic carbocycles. The van der Waals surface area contributed by atoms with Crippen LogP contribution in [0.2, 0.25) is 0 Å². The SMILES string of the molecule is C#Cc1cc(CB2OC(C)(C)C(C)(C)O2)c(C)c(C(=O)O)c1. The van der Waals surface area contributed by atoms with Gasteiger partial charge in [-0.3, -0.25) is 0 Å². The van der Waals surface area contributed by atoms with E-state index in [0.717, 1.165) is 5.56 Å². The third-order valence-electron chi connectivity index (χ3n) is 4.60. The van der Waals surface area contributed by atoms with Gasteiger partial charge in [0.2, 0.25) is 0 Å². The van der Waals surface area contributed by atoms with Crippen molar-refractivity contribution in [3.63, 3.8) is 0 Å². The van der Waals surface area contributed by atoms with Gasteiger partial charge in [-0.15, -0.1) is 6.42 Å². The number of hydrogen-bond donors (Lipinski definition) is 1. The van der Waals surface area contributed by atoms with Crippen molar-refractivity contribution in [3.05, 3.63) is 34.4 Å². The molecule has 0 spiro atoms. The van der Waals surface area contributed by atoms with Gasteiger partial charge in [-0.1, -0.05) is 5.92 Å². The Labute approximate surface area is 132 Å².